The molecule has 0 aliphatic rings. The molecule has 1 aromatic heterocycles. The van der Waals surface area contributed by atoms with Crippen LogP contribution in [0.5, 0.6) is 0 Å². The van der Waals surface area contributed by atoms with E-state index < -0.39 is 0 Å². The highest BCUT2D eigenvalue weighted by molar-refractivity contribution is 5.85. The fourth-order valence-corrected chi connectivity index (χ4v) is 2.25. The first-order valence-corrected chi connectivity index (χ1v) is 8.05. The Hall–Kier alpha value is -2.60. The number of benzene rings is 1. The van der Waals surface area contributed by atoms with Crippen LogP contribution >= 0.6 is 0 Å². The van der Waals surface area contributed by atoms with Crippen LogP contribution in [0.15, 0.2) is 53.1 Å². The average molecular weight is 329 g/mol. The lowest BCUT2D eigenvalue weighted by molar-refractivity contribution is -0.125. The summed E-state index contributed by atoms with van der Waals surface area (Å²) in [5, 5.41) is 8.48. The lowest BCUT2D eigenvalue weighted by atomic mass is 10.0. The fraction of sp³-hybridized carbons (Fsp3) is 0.333. The van der Waals surface area contributed by atoms with Crippen molar-refractivity contribution in [3.8, 4) is 0 Å². The topological polar surface area (TPSA) is 83.4 Å². The van der Waals surface area contributed by atoms with E-state index in [1.54, 1.807) is 6.26 Å². The predicted octanol–water partition coefficient (Wildman–Crippen LogP) is 1.60. The number of hydrogen-bond acceptors (Lipinski definition) is 4. The molecular formula is C18H23N3O3. The van der Waals surface area contributed by atoms with Crippen LogP contribution in [0.1, 0.15) is 30.7 Å². The third-order valence-corrected chi connectivity index (χ3v) is 3.45. The molecule has 0 saturated heterocycles. The van der Waals surface area contributed by atoms with Gasteiger partial charge in [0.05, 0.1) is 25.4 Å². The summed E-state index contributed by atoms with van der Waals surface area (Å²) in [5.41, 5.74) is 1.00. The number of amides is 2. The molecule has 3 N–H and O–H groups in total. The van der Waals surface area contributed by atoms with Crippen molar-refractivity contribution in [2.75, 3.05) is 19.6 Å². The Labute approximate surface area is 141 Å². The second kappa shape index (κ2) is 9.52. The van der Waals surface area contributed by atoms with Gasteiger partial charge in [0.15, 0.2) is 0 Å². The molecule has 2 rings (SSSR count). The molecule has 0 spiro atoms. The zero-order chi connectivity index (χ0) is 17.2. The highest BCUT2D eigenvalue weighted by atomic mass is 16.3. The monoisotopic (exact) mass is 329 g/mol. The number of furan rings is 1. The Morgan fingerprint density at radius 2 is 1.75 bits per heavy atom. The van der Waals surface area contributed by atoms with Crippen LogP contribution in [-0.4, -0.2) is 31.4 Å². The summed E-state index contributed by atoms with van der Waals surface area (Å²) in [7, 11) is 0. The Morgan fingerprint density at radius 1 is 1.00 bits per heavy atom. The summed E-state index contributed by atoms with van der Waals surface area (Å²) in [6.07, 6.45) is 2.47. The van der Waals surface area contributed by atoms with Gasteiger partial charge in [0.2, 0.25) is 11.8 Å². The van der Waals surface area contributed by atoms with Crippen LogP contribution in [0.4, 0.5) is 0 Å². The van der Waals surface area contributed by atoms with Crippen LogP contribution in [0.2, 0.25) is 0 Å². The van der Waals surface area contributed by atoms with Gasteiger partial charge < -0.3 is 15.1 Å². The van der Waals surface area contributed by atoms with E-state index in [0.717, 1.165) is 17.7 Å². The molecule has 1 heterocycles. The van der Waals surface area contributed by atoms with E-state index in [0.29, 0.717) is 6.54 Å². The fourth-order valence-electron chi connectivity index (χ4n) is 2.25. The average Bonchev–Trinajstić information content (AvgIpc) is 3.13. The van der Waals surface area contributed by atoms with E-state index in [9.17, 15) is 9.59 Å². The van der Waals surface area contributed by atoms with Gasteiger partial charge in [-0.15, -0.1) is 0 Å². The maximum Gasteiger partial charge on any atom is 0.239 e. The molecule has 24 heavy (non-hydrogen) atoms. The SMILES string of the molecule is CCCNC(=O)CNC(=O)CN[C@H](c1ccccc1)c1ccco1. The number of hydrogen-bond donors (Lipinski definition) is 3. The lowest BCUT2D eigenvalue weighted by Gasteiger charge is -2.17. The maximum absolute atomic E-state index is 11.9. The van der Waals surface area contributed by atoms with Gasteiger partial charge in [0.25, 0.3) is 0 Å². The van der Waals surface area contributed by atoms with Gasteiger partial charge in [-0.25, -0.2) is 0 Å². The summed E-state index contributed by atoms with van der Waals surface area (Å²) < 4.78 is 5.47. The molecular weight excluding hydrogens is 306 g/mol. The highest BCUT2D eigenvalue weighted by Crippen LogP contribution is 2.21. The van der Waals surface area contributed by atoms with Gasteiger partial charge in [-0.3, -0.25) is 14.9 Å². The second-order valence-corrected chi connectivity index (χ2v) is 5.37. The lowest BCUT2D eigenvalue weighted by Crippen LogP contribution is -2.41. The first-order valence-electron chi connectivity index (χ1n) is 8.05. The van der Waals surface area contributed by atoms with Crippen molar-refractivity contribution in [1.29, 1.82) is 0 Å². The van der Waals surface area contributed by atoms with Gasteiger partial charge in [-0.05, 0) is 24.1 Å². The molecule has 0 aliphatic carbocycles. The molecule has 0 fully saturated rings. The van der Waals surface area contributed by atoms with E-state index in [1.165, 1.54) is 0 Å². The normalized spacial score (nSPS) is 11.7. The summed E-state index contributed by atoms with van der Waals surface area (Å²) in [4.78, 5) is 23.4. The van der Waals surface area contributed by atoms with Crippen molar-refractivity contribution in [3.05, 3.63) is 60.1 Å². The molecule has 1 atom stereocenters. The standard InChI is InChI=1S/C18H23N3O3/c1-2-10-19-16(22)12-20-17(23)13-21-18(15-9-6-11-24-15)14-7-4-3-5-8-14/h3-9,11,18,21H,2,10,12-13H2,1H3,(H,19,22)(H,20,23)/t18-/m1/s1. The van der Waals surface area contributed by atoms with Crippen LogP contribution in [-0.2, 0) is 9.59 Å². The second-order valence-electron chi connectivity index (χ2n) is 5.37. The smallest absolute Gasteiger partial charge is 0.239 e. The van der Waals surface area contributed by atoms with Gasteiger partial charge in [0, 0.05) is 6.54 Å². The van der Waals surface area contributed by atoms with E-state index in [2.05, 4.69) is 16.0 Å². The van der Waals surface area contributed by atoms with E-state index in [4.69, 9.17) is 4.42 Å². The minimum atomic E-state index is -0.242. The maximum atomic E-state index is 11.9. The molecule has 0 aliphatic heterocycles. The quantitative estimate of drug-likeness (QED) is 0.652. The minimum absolute atomic E-state index is 0.0166. The summed E-state index contributed by atoms with van der Waals surface area (Å²) >= 11 is 0. The molecule has 0 saturated carbocycles. The molecule has 2 aromatic rings. The third-order valence-electron chi connectivity index (χ3n) is 3.45. The molecule has 6 heteroatoms. The third kappa shape index (κ3) is 5.55. The van der Waals surface area contributed by atoms with Crippen molar-refractivity contribution >= 4 is 11.8 Å². The van der Waals surface area contributed by atoms with Crippen molar-refractivity contribution in [1.82, 2.24) is 16.0 Å². The first kappa shape index (κ1) is 17.7. The van der Waals surface area contributed by atoms with Gasteiger partial charge in [0.1, 0.15) is 5.76 Å². The zero-order valence-electron chi connectivity index (χ0n) is 13.7. The van der Waals surface area contributed by atoms with Crippen LogP contribution in [0, 0.1) is 0 Å². The molecule has 128 valence electrons. The van der Waals surface area contributed by atoms with Crippen LogP contribution in [0.25, 0.3) is 0 Å². The molecule has 0 bridgehead atoms. The molecule has 1 aromatic carbocycles. The van der Waals surface area contributed by atoms with E-state index in [-0.39, 0.29) is 30.9 Å². The molecule has 6 nitrogen and oxygen atoms in total. The summed E-state index contributed by atoms with van der Waals surface area (Å²) in [5.74, 6) is 0.305. The Balaban J connectivity index is 1.87. The van der Waals surface area contributed by atoms with Crippen molar-refractivity contribution in [2.45, 2.75) is 19.4 Å². The predicted molar refractivity (Wildman–Crippen MR) is 91.3 cm³/mol. The van der Waals surface area contributed by atoms with Crippen LogP contribution in [0.3, 0.4) is 0 Å². The van der Waals surface area contributed by atoms with Crippen molar-refractivity contribution in [3.63, 3.8) is 0 Å². The highest BCUT2D eigenvalue weighted by Gasteiger charge is 2.17. The van der Waals surface area contributed by atoms with Crippen molar-refractivity contribution < 1.29 is 14.0 Å². The largest absolute Gasteiger partial charge is 0.467 e. The number of nitrogens with one attached hydrogen (secondary N) is 3. The van der Waals surface area contributed by atoms with E-state index >= 15 is 0 Å². The minimum Gasteiger partial charge on any atom is -0.467 e. The molecule has 2 amide bonds. The Bertz CT molecular complexity index is 626. The molecule has 0 radical (unpaired) electrons. The van der Waals surface area contributed by atoms with E-state index in [1.807, 2.05) is 49.4 Å². The number of rotatable bonds is 9. The zero-order valence-corrected chi connectivity index (χ0v) is 13.7. The Kier molecular flexibility index (Phi) is 7.04. The number of carbonyl (C=O) groups excluding carboxylic acids is 2. The van der Waals surface area contributed by atoms with Crippen LogP contribution < -0.4 is 16.0 Å². The van der Waals surface area contributed by atoms with Crippen molar-refractivity contribution in [2.24, 2.45) is 0 Å². The first-order chi connectivity index (χ1) is 11.7. The Morgan fingerprint density at radius 3 is 2.42 bits per heavy atom. The molecule has 0 unspecified atom stereocenters. The van der Waals surface area contributed by atoms with Gasteiger partial charge in [-0.1, -0.05) is 37.3 Å². The van der Waals surface area contributed by atoms with Gasteiger partial charge in [-0.2, -0.15) is 0 Å². The number of carbonyl (C=O) groups is 2. The van der Waals surface area contributed by atoms with Gasteiger partial charge >= 0.3 is 0 Å². The summed E-state index contributed by atoms with van der Waals surface area (Å²) in [6, 6.07) is 13.2. The summed E-state index contributed by atoms with van der Waals surface area (Å²) in [6.45, 7) is 2.65.